The van der Waals surface area contributed by atoms with Crippen LogP contribution in [0.3, 0.4) is 0 Å². The summed E-state index contributed by atoms with van der Waals surface area (Å²) in [5, 5.41) is 9.10. The normalized spacial score (nSPS) is 12.9. The topological polar surface area (TPSA) is 80.6 Å². The zero-order valence-corrected chi connectivity index (χ0v) is 9.05. The van der Waals surface area contributed by atoms with Crippen molar-refractivity contribution in [2.24, 2.45) is 5.73 Å². The first-order valence-corrected chi connectivity index (χ1v) is 5.06. The molecule has 0 aromatic carbocycles. The van der Waals surface area contributed by atoms with Gasteiger partial charge in [0, 0.05) is 12.6 Å². The summed E-state index contributed by atoms with van der Waals surface area (Å²) < 4.78 is 1.69. The van der Waals surface area contributed by atoms with Gasteiger partial charge in [0.1, 0.15) is 6.04 Å². The van der Waals surface area contributed by atoms with Crippen molar-refractivity contribution in [3.8, 4) is 0 Å². The van der Waals surface area contributed by atoms with Gasteiger partial charge in [-0.25, -0.2) is 4.98 Å². The van der Waals surface area contributed by atoms with Gasteiger partial charge in [-0.05, 0) is 23.2 Å². The highest BCUT2D eigenvalue weighted by atomic mass is 35.5. The number of nitrogens with zero attached hydrogens (tertiary/aromatic N) is 2. The van der Waals surface area contributed by atoms with E-state index in [1.54, 1.807) is 22.9 Å². The lowest BCUT2D eigenvalue weighted by atomic mass is 10.1. The van der Waals surface area contributed by atoms with Crippen LogP contribution in [-0.2, 0) is 11.2 Å². The Hall–Kier alpha value is -1.59. The molecule has 84 valence electrons. The van der Waals surface area contributed by atoms with Crippen LogP contribution in [0.1, 0.15) is 5.56 Å². The first-order valence-electron chi connectivity index (χ1n) is 4.68. The number of hydrogen-bond acceptors (Lipinski definition) is 3. The SMILES string of the molecule is NC(Cc1cccn2c(Cl)ncc12)C(=O)O. The van der Waals surface area contributed by atoms with E-state index < -0.39 is 12.0 Å². The van der Waals surface area contributed by atoms with Crippen LogP contribution in [0, 0.1) is 0 Å². The number of nitrogens with two attached hydrogens (primary N) is 1. The third kappa shape index (κ3) is 1.87. The second kappa shape index (κ2) is 4.11. The van der Waals surface area contributed by atoms with E-state index >= 15 is 0 Å². The van der Waals surface area contributed by atoms with Gasteiger partial charge in [-0.1, -0.05) is 6.07 Å². The summed E-state index contributed by atoms with van der Waals surface area (Å²) in [6.07, 6.45) is 3.62. The van der Waals surface area contributed by atoms with E-state index in [0.29, 0.717) is 5.28 Å². The van der Waals surface area contributed by atoms with Crippen LogP contribution in [0.25, 0.3) is 5.52 Å². The third-order valence-electron chi connectivity index (χ3n) is 2.37. The Morgan fingerprint density at radius 2 is 2.44 bits per heavy atom. The monoisotopic (exact) mass is 239 g/mol. The molecule has 0 aliphatic rings. The predicted octanol–water partition coefficient (Wildman–Crippen LogP) is 0.942. The molecular formula is C10H10ClN3O2. The quantitative estimate of drug-likeness (QED) is 0.835. The Bertz CT molecular complexity index is 538. The van der Waals surface area contributed by atoms with Crippen molar-refractivity contribution in [2.45, 2.75) is 12.5 Å². The van der Waals surface area contributed by atoms with Crippen LogP contribution in [0.2, 0.25) is 5.28 Å². The fourth-order valence-electron chi connectivity index (χ4n) is 1.55. The minimum absolute atomic E-state index is 0.252. The van der Waals surface area contributed by atoms with E-state index in [0.717, 1.165) is 11.1 Å². The van der Waals surface area contributed by atoms with Crippen LogP contribution < -0.4 is 5.73 Å². The van der Waals surface area contributed by atoms with Gasteiger partial charge in [0.15, 0.2) is 0 Å². The Kier molecular flexibility index (Phi) is 2.80. The molecule has 2 rings (SSSR count). The van der Waals surface area contributed by atoms with Crippen molar-refractivity contribution in [1.82, 2.24) is 9.38 Å². The Balaban J connectivity index is 2.41. The average molecular weight is 240 g/mol. The van der Waals surface area contributed by atoms with Crippen molar-refractivity contribution in [1.29, 1.82) is 0 Å². The van der Waals surface area contributed by atoms with Gasteiger partial charge in [0.25, 0.3) is 0 Å². The number of aliphatic carboxylic acids is 1. The maximum Gasteiger partial charge on any atom is 0.320 e. The van der Waals surface area contributed by atoms with Crippen LogP contribution in [0.4, 0.5) is 0 Å². The molecule has 0 aliphatic carbocycles. The van der Waals surface area contributed by atoms with Gasteiger partial charge in [0.05, 0.1) is 11.7 Å². The molecule has 2 aromatic heterocycles. The second-order valence-electron chi connectivity index (χ2n) is 3.46. The number of imidazole rings is 1. The molecule has 0 saturated heterocycles. The lowest BCUT2D eigenvalue weighted by Crippen LogP contribution is -2.32. The van der Waals surface area contributed by atoms with Gasteiger partial charge in [0.2, 0.25) is 5.28 Å². The van der Waals surface area contributed by atoms with Gasteiger partial charge in [-0.2, -0.15) is 0 Å². The molecule has 0 radical (unpaired) electrons. The summed E-state index contributed by atoms with van der Waals surface area (Å²) in [7, 11) is 0. The fraction of sp³-hybridized carbons (Fsp3) is 0.200. The molecule has 6 heteroatoms. The molecule has 1 atom stereocenters. The first kappa shape index (κ1) is 10.9. The highest BCUT2D eigenvalue weighted by Crippen LogP contribution is 2.16. The molecule has 0 saturated carbocycles. The minimum Gasteiger partial charge on any atom is -0.480 e. The van der Waals surface area contributed by atoms with Crippen molar-refractivity contribution < 1.29 is 9.90 Å². The molecule has 0 fully saturated rings. The standard InChI is InChI=1S/C10H10ClN3O2/c11-10-13-5-8-6(2-1-3-14(8)10)4-7(12)9(15)16/h1-3,5,7H,4,12H2,(H,15,16). The molecular weight excluding hydrogens is 230 g/mol. The number of carboxylic acids is 1. The molecule has 0 spiro atoms. The molecule has 3 N–H and O–H groups in total. The van der Waals surface area contributed by atoms with Crippen molar-refractivity contribution in [2.75, 3.05) is 0 Å². The number of carbonyl (C=O) groups is 1. The predicted molar refractivity (Wildman–Crippen MR) is 59.5 cm³/mol. The lowest BCUT2D eigenvalue weighted by Gasteiger charge is -2.07. The molecule has 16 heavy (non-hydrogen) atoms. The van der Waals surface area contributed by atoms with Crippen LogP contribution in [0.15, 0.2) is 24.5 Å². The maximum absolute atomic E-state index is 10.7. The zero-order chi connectivity index (χ0) is 11.7. The van der Waals surface area contributed by atoms with Crippen LogP contribution >= 0.6 is 11.6 Å². The van der Waals surface area contributed by atoms with Crippen molar-refractivity contribution in [3.63, 3.8) is 0 Å². The smallest absolute Gasteiger partial charge is 0.320 e. The summed E-state index contributed by atoms with van der Waals surface area (Å²) in [6.45, 7) is 0. The molecule has 0 amide bonds. The molecule has 5 nitrogen and oxygen atoms in total. The van der Waals surface area contributed by atoms with Gasteiger partial charge in [-0.15, -0.1) is 0 Å². The average Bonchev–Trinajstić information content (AvgIpc) is 2.62. The maximum atomic E-state index is 10.7. The van der Waals surface area contributed by atoms with E-state index in [1.165, 1.54) is 0 Å². The van der Waals surface area contributed by atoms with Crippen LogP contribution in [0.5, 0.6) is 0 Å². The number of aromatic nitrogens is 2. The molecule has 0 aliphatic heterocycles. The number of carboxylic acid groups (broad SMARTS) is 1. The Labute approximate surface area is 96.5 Å². The highest BCUT2D eigenvalue weighted by Gasteiger charge is 2.14. The van der Waals surface area contributed by atoms with E-state index in [-0.39, 0.29) is 6.42 Å². The van der Waals surface area contributed by atoms with Crippen molar-refractivity contribution >= 4 is 23.1 Å². The molecule has 2 heterocycles. The number of fused-ring (bicyclic) bond motifs is 1. The first-order chi connectivity index (χ1) is 7.59. The Morgan fingerprint density at radius 1 is 1.69 bits per heavy atom. The number of pyridine rings is 1. The second-order valence-corrected chi connectivity index (χ2v) is 3.80. The summed E-state index contributed by atoms with van der Waals surface area (Å²) in [5.41, 5.74) is 7.08. The Morgan fingerprint density at radius 3 is 3.12 bits per heavy atom. The third-order valence-corrected chi connectivity index (χ3v) is 2.65. The minimum atomic E-state index is -1.02. The van der Waals surface area contributed by atoms with Gasteiger partial charge < -0.3 is 10.8 Å². The summed E-state index contributed by atoms with van der Waals surface area (Å²) in [5.74, 6) is -1.02. The fourth-order valence-corrected chi connectivity index (χ4v) is 1.74. The summed E-state index contributed by atoms with van der Waals surface area (Å²) in [6, 6.07) is 2.68. The van der Waals surface area contributed by atoms with E-state index in [4.69, 9.17) is 22.4 Å². The number of halogens is 1. The van der Waals surface area contributed by atoms with Gasteiger partial charge >= 0.3 is 5.97 Å². The largest absolute Gasteiger partial charge is 0.480 e. The van der Waals surface area contributed by atoms with Crippen molar-refractivity contribution in [3.05, 3.63) is 35.4 Å². The molecule has 0 bridgehead atoms. The number of hydrogen-bond donors (Lipinski definition) is 2. The van der Waals surface area contributed by atoms with Crippen LogP contribution in [-0.4, -0.2) is 26.5 Å². The van der Waals surface area contributed by atoms with E-state index in [1.807, 2.05) is 6.07 Å². The molecule has 1 unspecified atom stereocenters. The lowest BCUT2D eigenvalue weighted by molar-refractivity contribution is -0.138. The number of rotatable bonds is 3. The van der Waals surface area contributed by atoms with E-state index in [2.05, 4.69) is 4.98 Å². The molecule has 2 aromatic rings. The zero-order valence-electron chi connectivity index (χ0n) is 8.30. The summed E-state index contributed by atoms with van der Waals surface area (Å²) >= 11 is 5.85. The van der Waals surface area contributed by atoms with Gasteiger partial charge in [-0.3, -0.25) is 9.20 Å². The highest BCUT2D eigenvalue weighted by molar-refractivity contribution is 6.28. The summed E-state index contributed by atoms with van der Waals surface area (Å²) in [4.78, 5) is 14.6. The van der Waals surface area contributed by atoms with E-state index in [9.17, 15) is 4.79 Å².